The van der Waals surface area contributed by atoms with Crippen molar-refractivity contribution in [3.05, 3.63) is 142 Å². The smallest absolute Gasteiger partial charge is 0.270 e. The third kappa shape index (κ3) is 4.99. The molecular weight excluding hydrogens is 477 g/mol. The third-order valence-electron chi connectivity index (χ3n) is 5.70. The number of amides is 1. The predicted molar refractivity (Wildman–Crippen MR) is 141 cm³/mol. The molecule has 35 heavy (non-hydrogen) atoms. The highest BCUT2D eigenvalue weighted by Gasteiger charge is 2.23. The Morgan fingerprint density at radius 1 is 0.714 bits per heavy atom. The zero-order valence-corrected chi connectivity index (χ0v) is 20.1. The standard InChI is InChI=1S/C29H21Cl2N3O/c30-24-17-16-23(18-25(24)31)34-27(19-26(33-34)20-10-4-1-5-11-20)29(35)32-28(21-12-6-2-7-13-21)22-14-8-3-9-15-22/h1-19,28H,(H,32,35). The van der Waals surface area contributed by atoms with Crippen LogP contribution in [0.4, 0.5) is 0 Å². The Morgan fingerprint density at radius 3 is 1.86 bits per heavy atom. The van der Waals surface area contributed by atoms with E-state index in [-0.39, 0.29) is 11.9 Å². The number of benzene rings is 4. The maximum atomic E-state index is 13.8. The van der Waals surface area contributed by atoms with Gasteiger partial charge in [0.1, 0.15) is 5.69 Å². The van der Waals surface area contributed by atoms with Crippen molar-refractivity contribution in [3.8, 4) is 16.9 Å². The summed E-state index contributed by atoms with van der Waals surface area (Å²) in [5.41, 5.74) is 4.58. The van der Waals surface area contributed by atoms with E-state index in [1.165, 1.54) is 0 Å². The number of nitrogens with zero attached hydrogens (tertiary/aromatic N) is 2. The van der Waals surface area contributed by atoms with Crippen LogP contribution in [0.15, 0.2) is 115 Å². The van der Waals surface area contributed by atoms with Crippen molar-refractivity contribution < 1.29 is 4.79 Å². The maximum Gasteiger partial charge on any atom is 0.270 e. The summed E-state index contributed by atoms with van der Waals surface area (Å²) in [4.78, 5) is 13.8. The van der Waals surface area contributed by atoms with E-state index >= 15 is 0 Å². The Bertz CT molecular complexity index is 1410. The first kappa shape index (κ1) is 22.9. The van der Waals surface area contributed by atoms with Crippen molar-refractivity contribution in [2.75, 3.05) is 0 Å². The van der Waals surface area contributed by atoms with Crippen molar-refractivity contribution in [2.24, 2.45) is 0 Å². The van der Waals surface area contributed by atoms with Gasteiger partial charge in [-0.25, -0.2) is 4.68 Å². The van der Waals surface area contributed by atoms with Gasteiger partial charge in [-0.05, 0) is 35.4 Å². The molecule has 0 fully saturated rings. The van der Waals surface area contributed by atoms with Crippen LogP contribution in [-0.4, -0.2) is 15.7 Å². The van der Waals surface area contributed by atoms with Crippen molar-refractivity contribution in [3.63, 3.8) is 0 Å². The zero-order valence-electron chi connectivity index (χ0n) is 18.6. The van der Waals surface area contributed by atoms with Crippen LogP contribution in [0.2, 0.25) is 10.0 Å². The molecule has 0 saturated heterocycles. The minimum atomic E-state index is -0.331. The van der Waals surface area contributed by atoms with Gasteiger partial charge in [-0.1, -0.05) is 114 Å². The molecular formula is C29H21Cl2N3O. The maximum absolute atomic E-state index is 13.8. The lowest BCUT2D eigenvalue weighted by atomic mass is 9.98. The van der Waals surface area contributed by atoms with Gasteiger partial charge < -0.3 is 5.32 Å². The molecule has 172 valence electrons. The molecule has 4 aromatic carbocycles. The van der Waals surface area contributed by atoms with Crippen LogP contribution in [0.25, 0.3) is 16.9 Å². The van der Waals surface area contributed by atoms with Gasteiger partial charge in [0.25, 0.3) is 5.91 Å². The van der Waals surface area contributed by atoms with E-state index in [1.54, 1.807) is 28.9 Å². The largest absolute Gasteiger partial charge is 0.340 e. The van der Waals surface area contributed by atoms with E-state index in [4.69, 9.17) is 28.3 Å². The van der Waals surface area contributed by atoms with Gasteiger partial charge in [-0.2, -0.15) is 5.10 Å². The van der Waals surface area contributed by atoms with E-state index in [9.17, 15) is 4.79 Å². The molecule has 5 aromatic rings. The van der Waals surface area contributed by atoms with Gasteiger partial charge in [-0.15, -0.1) is 0 Å². The third-order valence-corrected chi connectivity index (χ3v) is 6.44. The summed E-state index contributed by atoms with van der Waals surface area (Å²) < 4.78 is 1.60. The molecule has 0 radical (unpaired) electrons. The molecule has 1 N–H and O–H groups in total. The molecule has 5 rings (SSSR count). The van der Waals surface area contributed by atoms with Crippen LogP contribution in [-0.2, 0) is 0 Å². The summed E-state index contributed by atoms with van der Waals surface area (Å²) in [5.74, 6) is -0.261. The second-order valence-electron chi connectivity index (χ2n) is 8.02. The van der Waals surface area contributed by atoms with Crippen molar-refractivity contribution in [1.29, 1.82) is 0 Å². The predicted octanol–water partition coefficient (Wildman–Crippen LogP) is 7.37. The van der Waals surface area contributed by atoms with Gasteiger partial charge in [0.2, 0.25) is 0 Å². The summed E-state index contributed by atoms with van der Waals surface area (Å²) in [6.07, 6.45) is 0. The molecule has 0 aliphatic carbocycles. The molecule has 1 heterocycles. The normalized spacial score (nSPS) is 10.9. The fourth-order valence-electron chi connectivity index (χ4n) is 3.96. The number of carbonyl (C=O) groups excluding carboxylic acids is 1. The number of hydrogen-bond donors (Lipinski definition) is 1. The first-order valence-electron chi connectivity index (χ1n) is 11.1. The average Bonchev–Trinajstić information content (AvgIpc) is 3.36. The number of carbonyl (C=O) groups is 1. The van der Waals surface area contributed by atoms with E-state index < -0.39 is 0 Å². The summed E-state index contributed by atoms with van der Waals surface area (Å²) in [6, 6.07) is 36.2. The quantitative estimate of drug-likeness (QED) is 0.266. The van der Waals surface area contributed by atoms with Crippen LogP contribution in [0.1, 0.15) is 27.7 Å². The lowest BCUT2D eigenvalue weighted by Gasteiger charge is -2.20. The zero-order chi connectivity index (χ0) is 24.2. The Labute approximate surface area is 213 Å². The van der Waals surface area contributed by atoms with E-state index in [0.717, 1.165) is 16.7 Å². The lowest BCUT2D eigenvalue weighted by molar-refractivity contribution is 0.0935. The molecule has 0 aliphatic rings. The molecule has 0 atom stereocenters. The number of aromatic nitrogens is 2. The number of hydrogen-bond acceptors (Lipinski definition) is 2. The Morgan fingerprint density at radius 2 is 1.29 bits per heavy atom. The van der Waals surface area contributed by atoms with Crippen molar-refractivity contribution >= 4 is 29.1 Å². The molecule has 0 saturated carbocycles. The summed E-state index contributed by atoms with van der Waals surface area (Å²) in [5, 5.41) is 8.78. The monoisotopic (exact) mass is 497 g/mol. The van der Waals surface area contributed by atoms with E-state index in [1.807, 2.05) is 91.0 Å². The molecule has 0 unspecified atom stereocenters. The van der Waals surface area contributed by atoms with Gasteiger partial charge >= 0.3 is 0 Å². The summed E-state index contributed by atoms with van der Waals surface area (Å²) in [7, 11) is 0. The first-order valence-corrected chi connectivity index (χ1v) is 11.9. The van der Waals surface area contributed by atoms with Crippen LogP contribution in [0.3, 0.4) is 0 Å². The van der Waals surface area contributed by atoms with Gasteiger partial charge in [-0.3, -0.25) is 4.79 Å². The minimum Gasteiger partial charge on any atom is -0.340 e. The Hall–Kier alpha value is -3.86. The highest BCUT2D eigenvalue weighted by atomic mass is 35.5. The highest BCUT2D eigenvalue weighted by molar-refractivity contribution is 6.42. The van der Waals surface area contributed by atoms with Crippen LogP contribution < -0.4 is 5.32 Å². The van der Waals surface area contributed by atoms with E-state index in [2.05, 4.69) is 5.32 Å². The number of nitrogens with one attached hydrogen (secondary N) is 1. The Kier molecular flexibility index (Phi) is 6.66. The molecule has 6 heteroatoms. The fraction of sp³-hybridized carbons (Fsp3) is 0.0345. The second kappa shape index (κ2) is 10.2. The molecule has 0 bridgehead atoms. The van der Waals surface area contributed by atoms with Crippen LogP contribution in [0, 0.1) is 0 Å². The van der Waals surface area contributed by atoms with Crippen LogP contribution >= 0.6 is 23.2 Å². The molecule has 4 nitrogen and oxygen atoms in total. The minimum absolute atomic E-state index is 0.261. The number of halogens is 2. The Balaban J connectivity index is 1.58. The van der Waals surface area contributed by atoms with Crippen LogP contribution in [0.5, 0.6) is 0 Å². The molecule has 0 aliphatic heterocycles. The van der Waals surface area contributed by atoms with Crippen molar-refractivity contribution in [1.82, 2.24) is 15.1 Å². The number of rotatable bonds is 6. The van der Waals surface area contributed by atoms with Gasteiger partial charge in [0, 0.05) is 5.56 Å². The fourth-order valence-corrected chi connectivity index (χ4v) is 4.25. The summed E-state index contributed by atoms with van der Waals surface area (Å²) in [6.45, 7) is 0. The first-order chi connectivity index (χ1) is 17.1. The van der Waals surface area contributed by atoms with Gasteiger partial charge in [0.15, 0.2) is 0 Å². The highest BCUT2D eigenvalue weighted by Crippen LogP contribution is 2.28. The average molecular weight is 498 g/mol. The van der Waals surface area contributed by atoms with Crippen molar-refractivity contribution in [2.45, 2.75) is 6.04 Å². The SMILES string of the molecule is O=C(NC(c1ccccc1)c1ccccc1)c1cc(-c2ccccc2)nn1-c1ccc(Cl)c(Cl)c1. The topological polar surface area (TPSA) is 46.9 Å². The molecule has 1 aromatic heterocycles. The summed E-state index contributed by atoms with van der Waals surface area (Å²) >= 11 is 12.4. The second-order valence-corrected chi connectivity index (χ2v) is 8.83. The lowest BCUT2D eigenvalue weighted by Crippen LogP contribution is -2.31. The molecule has 0 spiro atoms. The molecule has 1 amide bonds. The van der Waals surface area contributed by atoms with E-state index in [0.29, 0.717) is 27.1 Å². The van der Waals surface area contributed by atoms with Gasteiger partial charge in [0.05, 0.1) is 27.5 Å².